The van der Waals surface area contributed by atoms with Crippen LogP contribution in [0.25, 0.3) is 0 Å². The van der Waals surface area contributed by atoms with Crippen LogP contribution in [0.1, 0.15) is 40.0 Å². The van der Waals surface area contributed by atoms with Crippen molar-refractivity contribution in [2.45, 2.75) is 44.9 Å². The summed E-state index contributed by atoms with van der Waals surface area (Å²) in [4.78, 5) is 2.32. The third-order valence-corrected chi connectivity index (χ3v) is 3.62. The summed E-state index contributed by atoms with van der Waals surface area (Å²) < 4.78 is 29.3. The van der Waals surface area contributed by atoms with E-state index in [1.807, 2.05) is 0 Å². The molecule has 1 aromatic rings. The Labute approximate surface area is 128 Å². The summed E-state index contributed by atoms with van der Waals surface area (Å²) in [6.07, 6.45) is 3.88. The summed E-state index contributed by atoms with van der Waals surface area (Å²) in [6.45, 7) is 10.6. The van der Waals surface area contributed by atoms with Gasteiger partial charge in [-0.2, -0.15) is 8.42 Å². The number of phenols is 1. The molecule has 0 unspecified atom stereocenters. The second kappa shape index (κ2) is 10.6. The van der Waals surface area contributed by atoms with E-state index in [2.05, 4.69) is 25.7 Å². The average molecular weight is 317 g/mol. The van der Waals surface area contributed by atoms with Crippen LogP contribution in [0.2, 0.25) is 0 Å². The van der Waals surface area contributed by atoms with Gasteiger partial charge in [-0.15, -0.1) is 0 Å². The molecule has 0 atom stereocenters. The van der Waals surface area contributed by atoms with E-state index in [0.29, 0.717) is 0 Å². The molecule has 0 saturated carbocycles. The lowest BCUT2D eigenvalue weighted by atomic mass is 10.3. The summed E-state index contributed by atoms with van der Waals surface area (Å²) in [6, 6.07) is 4.60. The quantitative estimate of drug-likeness (QED) is 0.755. The first-order valence-corrected chi connectivity index (χ1v) is 8.78. The molecule has 0 aliphatic rings. The number of rotatable bonds is 7. The molecule has 2 N–H and O–H groups in total. The van der Waals surface area contributed by atoms with Crippen molar-refractivity contribution < 1.29 is 18.1 Å². The van der Waals surface area contributed by atoms with Crippen LogP contribution < -0.4 is 0 Å². The lowest BCUT2D eigenvalue weighted by Crippen LogP contribution is -2.25. The molecule has 0 aromatic heterocycles. The SMILES string of the molecule is CCCN(CCC)CCC.O=S(=O)(O)c1ccc(O)cc1. The smallest absolute Gasteiger partial charge is 0.294 e. The highest BCUT2D eigenvalue weighted by Crippen LogP contribution is 2.13. The fourth-order valence-electron chi connectivity index (χ4n) is 1.90. The van der Waals surface area contributed by atoms with Crippen LogP contribution in [0, 0.1) is 0 Å². The molecule has 0 aliphatic carbocycles. The van der Waals surface area contributed by atoms with Gasteiger partial charge in [0.1, 0.15) is 5.75 Å². The van der Waals surface area contributed by atoms with Gasteiger partial charge in [0.15, 0.2) is 0 Å². The number of benzene rings is 1. The fourth-order valence-corrected chi connectivity index (χ4v) is 2.38. The standard InChI is InChI=1S/C9H21N.C6H6O4S/c1-4-7-10(8-5-2)9-6-3;7-5-1-3-6(4-2-5)11(8,9)10/h4-9H2,1-3H3;1-4,7H,(H,8,9,10). The van der Waals surface area contributed by atoms with Crippen molar-refractivity contribution in [1.29, 1.82) is 0 Å². The highest BCUT2D eigenvalue weighted by Gasteiger charge is 2.07. The molecule has 0 radical (unpaired) electrons. The molecule has 21 heavy (non-hydrogen) atoms. The number of phenolic OH excluding ortho intramolecular Hbond substituents is 1. The van der Waals surface area contributed by atoms with Gasteiger partial charge in [0.05, 0.1) is 4.90 Å². The Hall–Kier alpha value is -1.11. The zero-order chi connectivity index (χ0) is 16.3. The first-order chi connectivity index (χ1) is 9.85. The van der Waals surface area contributed by atoms with E-state index in [4.69, 9.17) is 9.66 Å². The number of hydrogen-bond acceptors (Lipinski definition) is 4. The predicted octanol–water partition coefficient (Wildman–Crippen LogP) is 3.16. The molecular formula is C15H27NO4S. The Morgan fingerprint density at radius 1 is 0.905 bits per heavy atom. The van der Waals surface area contributed by atoms with E-state index >= 15 is 0 Å². The van der Waals surface area contributed by atoms with E-state index < -0.39 is 10.1 Å². The Bertz CT molecular complexity index is 457. The van der Waals surface area contributed by atoms with Gasteiger partial charge in [0.25, 0.3) is 10.1 Å². The fraction of sp³-hybridized carbons (Fsp3) is 0.600. The van der Waals surface area contributed by atoms with Crippen LogP contribution in [0.15, 0.2) is 29.2 Å². The Kier molecular flexibility index (Phi) is 10.0. The zero-order valence-electron chi connectivity index (χ0n) is 13.1. The summed E-state index contributed by atoms with van der Waals surface area (Å²) in [5.41, 5.74) is 0. The van der Waals surface area contributed by atoms with Crippen molar-refractivity contribution in [3.8, 4) is 5.75 Å². The van der Waals surface area contributed by atoms with Crippen molar-refractivity contribution in [2.75, 3.05) is 19.6 Å². The Morgan fingerprint density at radius 3 is 1.57 bits per heavy atom. The summed E-state index contributed by atoms with van der Waals surface area (Å²) in [7, 11) is -4.13. The van der Waals surface area contributed by atoms with Gasteiger partial charge in [-0.1, -0.05) is 20.8 Å². The summed E-state index contributed by atoms with van der Waals surface area (Å²) in [5.74, 6) is -0.0441. The highest BCUT2D eigenvalue weighted by molar-refractivity contribution is 7.85. The zero-order valence-corrected chi connectivity index (χ0v) is 13.9. The van der Waals surface area contributed by atoms with E-state index in [1.165, 1.54) is 51.0 Å². The minimum Gasteiger partial charge on any atom is -0.508 e. The predicted molar refractivity (Wildman–Crippen MR) is 85.2 cm³/mol. The largest absolute Gasteiger partial charge is 0.508 e. The third-order valence-electron chi connectivity index (χ3n) is 2.75. The van der Waals surface area contributed by atoms with E-state index in [-0.39, 0.29) is 10.6 Å². The van der Waals surface area contributed by atoms with Crippen LogP contribution in [0.4, 0.5) is 0 Å². The van der Waals surface area contributed by atoms with Gasteiger partial charge in [0.2, 0.25) is 0 Å². The lowest BCUT2D eigenvalue weighted by molar-refractivity contribution is 0.275. The van der Waals surface area contributed by atoms with Crippen molar-refractivity contribution in [3.63, 3.8) is 0 Å². The first-order valence-electron chi connectivity index (χ1n) is 7.34. The monoisotopic (exact) mass is 317 g/mol. The molecule has 1 rings (SSSR count). The summed E-state index contributed by atoms with van der Waals surface area (Å²) >= 11 is 0. The van der Waals surface area contributed by atoms with E-state index in [0.717, 1.165) is 12.1 Å². The van der Waals surface area contributed by atoms with E-state index in [1.54, 1.807) is 0 Å². The molecule has 5 nitrogen and oxygen atoms in total. The normalized spacial score (nSPS) is 11.1. The second-order valence-electron chi connectivity index (χ2n) is 4.81. The minimum absolute atomic E-state index is 0.0441. The topological polar surface area (TPSA) is 77.8 Å². The first kappa shape index (κ1) is 19.9. The number of hydrogen-bond donors (Lipinski definition) is 2. The van der Waals surface area contributed by atoms with Crippen LogP contribution in [0.3, 0.4) is 0 Å². The van der Waals surface area contributed by atoms with Crippen molar-refractivity contribution in [2.24, 2.45) is 0 Å². The third kappa shape index (κ3) is 9.44. The van der Waals surface area contributed by atoms with Crippen LogP contribution in [0.5, 0.6) is 5.75 Å². The van der Waals surface area contributed by atoms with Gasteiger partial charge >= 0.3 is 0 Å². The molecule has 1 aromatic carbocycles. The maximum absolute atomic E-state index is 10.4. The molecule has 6 heteroatoms. The highest BCUT2D eigenvalue weighted by atomic mass is 32.2. The maximum atomic E-state index is 10.4. The molecule has 0 spiro atoms. The maximum Gasteiger partial charge on any atom is 0.294 e. The van der Waals surface area contributed by atoms with Crippen molar-refractivity contribution >= 4 is 10.1 Å². The van der Waals surface area contributed by atoms with Crippen molar-refractivity contribution in [1.82, 2.24) is 4.90 Å². The van der Waals surface area contributed by atoms with Gasteiger partial charge in [-0.05, 0) is 63.2 Å². The molecule has 0 saturated heterocycles. The minimum atomic E-state index is -4.13. The molecule has 0 heterocycles. The molecule has 0 aliphatic heterocycles. The summed E-state index contributed by atoms with van der Waals surface area (Å²) in [5, 5.41) is 8.75. The van der Waals surface area contributed by atoms with Crippen molar-refractivity contribution in [3.05, 3.63) is 24.3 Å². The Balaban J connectivity index is 0.000000384. The van der Waals surface area contributed by atoms with E-state index in [9.17, 15) is 8.42 Å². The van der Waals surface area contributed by atoms with Crippen LogP contribution in [-0.2, 0) is 10.1 Å². The van der Waals surface area contributed by atoms with Gasteiger partial charge in [0, 0.05) is 0 Å². The average Bonchev–Trinajstić information content (AvgIpc) is 2.40. The van der Waals surface area contributed by atoms with Crippen LogP contribution in [-0.4, -0.2) is 42.6 Å². The molecule has 122 valence electrons. The van der Waals surface area contributed by atoms with Gasteiger partial charge in [-0.3, -0.25) is 4.55 Å². The lowest BCUT2D eigenvalue weighted by Gasteiger charge is -2.19. The molecular weight excluding hydrogens is 290 g/mol. The number of aromatic hydroxyl groups is 1. The second-order valence-corrected chi connectivity index (χ2v) is 6.23. The Morgan fingerprint density at radius 2 is 1.29 bits per heavy atom. The van der Waals surface area contributed by atoms with Gasteiger partial charge < -0.3 is 10.0 Å². The molecule has 0 fully saturated rings. The molecule has 0 bridgehead atoms. The number of nitrogens with zero attached hydrogens (tertiary/aromatic N) is 1. The molecule has 0 amide bonds. The van der Waals surface area contributed by atoms with Crippen LogP contribution >= 0.6 is 0 Å². The van der Waals surface area contributed by atoms with Gasteiger partial charge in [-0.25, -0.2) is 0 Å².